The van der Waals surface area contributed by atoms with Crippen molar-refractivity contribution in [2.24, 2.45) is 5.92 Å². The van der Waals surface area contributed by atoms with E-state index in [1.165, 1.54) is 4.68 Å². The van der Waals surface area contributed by atoms with Gasteiger partial charge in [-0.15, -0.1) is 5.10 Å². The molecule has 0 radical (unpaired) electrons. The predicted octanol–water partition coefficient (Wildman–Crippen LogP) is 2.84. The molecular formula is C23H25N5O3. The summed E-state index contributed by atoms with van der Waals surface area (Å²) in [5.41, 5.74) is 2.29. The first-order valence-electron chi connectivity index (χ1n) is 10.3. The molecule has 0 saturated carbocycles. The Morgan fingerprint density at radius 1 is 1.19 bits per heavy atom. The average Bonchev–Trinajstić information content (AvgIpc) is 3.17. The van der Waals surface area contributed by atoms with Crippen molar-refractivity contribution in [2.45, 2.75) is 26.3 Å². The number of methoxy groups -OCH3 is 1. The normalized spacial score (nSPS) is 12.4. The summed E-state index contributed by atoms with van der Waals surface area (Å²) >= 11 is 0. The van der Waals surface area contributed by atoms with Crippen molar-refractivity contribution in [3.8, 4) is 5.75 Å². The van der Waals surface area contributed by atoms with E-state index in [2.05, 4.69) is 20.6 Å². The van der Waals surface area contributed by atoms with E-state index in [0.717, 1.165) is 22.2 Å². The summed E-state index contributed by atoms with van der Waals surface area (Å²) in [5, 5.41) is 12.7. The van der Waals surface area contributed by atoms with Crippen LogP contribution in [-0.2, 0) is 11.2 Å². The van der Waals surface area contributed by atoms with Crippen LogP contribution in [0.15, 0.2) is 53.5 Å². The number of fused-ring (bicyclic) bond motifs is 2. The largest absolute Gasteiger partial charge is 0.497 e. The summed E-state index contributed by atoms with van der Waals surface area (Å²) < 4.78 is 6.45. The zero-order valence-corrected chi connectivity index (χ0v) is 17.8. The fraction of sp³-hybridized carbons (Fsp3) is 0.304. The Balaban J connectivity index is 1.50. The number of ether oxygens (including phenoxy) is 1. The molecule has 0 aliphatic carbocycles. The Kier molecular flexibility index (Phi) is 5.70. The van der Waals surface area contributed by atoms with Gasteiger partial charge in [-0.3, -0.25) is 9.59 Å². The molecule has 0 aliphatic rings. The number of nitrogens with zero attached hydrogens (tertiary/aromatic N) is 3. The number of carbonyl (C=O) groups is 1. The van der Waals surface area contributed by atoms with Gasteiger partial charge in [0.15, 0.2) is 0 Å². The highest BCUT2D eigenvalue weighted by Crippen LogP contribution is 2.23. The second-order valence-electron chi connectivity index (χ2n) is 7.81. The molecule has 4 rings (SSSR count). The van der Waals surface area contributed by atoms with Crippen molar-refractivity contribution in [1.29, 1.82) is 0 Å². The summed E-state index contributed by atoms with van der Waals surface area (Å²) in [6.07, 6.45) is 2.59. The van der Waals surface area contributed by atoms with E-state index in [1.54, 1.807) is 31.4 Å². The van der Waals surface area contributed by atoms with Crippen LogP contribution in [0, 0.1) is 5.92 Å². The smallest absolute Gasteiger partial charge is 0.278 e. The van der Waals surface area contributed by atoms with Gasteiger partial charge in [0.2, 0.25) is 5.91 Å². The van der Waals surface area contributed by atoms with Gasteiger partial charge in [0.25, 0.3) is 5.56 Å². The van der Waals surface area contributed by atoms with Gasteiger partial charge in [0.05, 0.1) is 12.5 Å². The van der Waals surface area contributed by atoms with E-state index < -0.39 is 6.04 Å². The maximum atomic E-state index is 13.0. The average molecular weight is 419 g/mol. The molecule has 0 unspecified atom stereocenters. The second-order valence-corrected chi connectivity index (χ2v) is 7.81. The van der Waals surface area contributed by atoms with Gasteiger partial charge >= 0.3 is 0 Å². The number of aromatic nitrogens is 4. The molecule has 8 heteroatoms. The van der Waals surface area contributed by atoms with Gasteiger partial charge in [0.1, 0.15) is 17.3 Å². The molecule has 2 heterocycles. The summed E-state index contributed by atoms with van der Waals surface area (Å²) in [6.45, 7) is 4.22. The van der Waals surface area contributed by atoms with Crippen LogP contribution in [0.4, 0.5) is 0 Å². The number of aromatic amines is 1. The number of H-pyrrole nitrogens is 1. The molecule has 1 atom stereocenters. The minimum Gasteiger partial charge on any atom is -0.497 e. The van der Waals surface area contributed by atoms with Crippen LogP contribution in [0.1, 0.15) is 25.5 Å². The Bertz CT molecular complexity index is 1290. The lowest BCUT2D eigenvalue weighted by atomic mass is 10.0. The number of hydrogen-bond donors (Lipinski definition) is 2. The lowest BCUT2D eigenvalue weighted by molar-refractivity contribution is -0.126. The summed E-state index contributed by atoms with van der Waals surface area (Å²) in [6, 6.07) is 12.1. The lowest BCUT2D eigenvalue weighted by Crippen LogP contribution is -2.42. The van der Waals surface area contributed by atoms with Crippen molar-refractivity contribution < 1.29 is 9.53 Å². The van der Waals surface area contributed by atoms with E-state index in [4.69, 9.17) is 4.74 Å². The molecule has 1 amide bonds. The fourth-order valence-electron chi connectivity index (χ4n) is 3.80. The van der Waals surface area contributed by atoms with Crippen LogP contribution in [0.3, 0.4) is 0 Å². The maximum Gasteiger partial charge on any atom is 0.278 e. The quantitative estimate of drug-likeness (QED) is 0.480. The summed E-state index contributed by atoms with van der Waals surface area (Å²) in [4.78, 5) is 29.1. The van der Waals surface area contributed by atoms with Gasteiger partial charge in [-0.25, -0.2) is 0 Å². The molecule has 2 aromatic heterocycles. The number of hydrogen-bond acceptors (Lipinski definition) is 5. The predicted molar refractivity (Wildman–Crippen MR) is 119 cm³/mol. The topological polar surface area (TPSA) is 102 Å². The third-order valence-electron chi connectivity index (χ3n) is 5.42. The molecule has 8 nitrogen and oxygen atoms in total. The Hall–Kier alpha value is -3.68. The minimum atomic E-state index is -0.739. The second kappa shape index (κ2) is 8.59. The molecule has 2 N–H and O–H groups in total. The zero-order valence-electron chi connectivity index (χ0n) is 17.8. The molecule has 0 aliphatic heterocycles. The zero-order chi connectivity index (χ0) is 22.0. The van der Waals surface area contributed by atoms with E-state index >= 15 is 0 Å². The maximum absolute atomic E-state index is 13.0. The van der Waals surface area contributed by atoms with Gasteiger partial charge in [-0.2, -0.15) is 4.68 Å². The van der Waals surface area contributed by atoms with E-state index in [1.807, 2.05) is 38.2 Å². The van der Waals surface area contributed by atoms with Gasteiger partial charge in [-0.1, -0.05) is 31.2 Å². The van der Waals surface area contributed by atoms with Crippen molar-refractivity contribution in [2.75, 3.05) is 13.7 Å². The number of benzene rings is 2. The van der Waals surface area contributed by atoms with Crippen molar-refractivity contribution >= 4 is 27.7 Å². The first-order chi connectivity index (χ1) is 15.0. The van der Waals surface area contributed by atoms with Crippen molar-refractivity contribution in [3.63, 3.8) is 0 Å². The molecule has 0 saturated heterocycles. The molecule has 31 heavy (non-hydrogen) atoms. The van der Waals surface area contributed by atoms with E-state index in [-0.39, 0.29) is 17.4 Å². The number of carbonyl (C=O) groups excluding carboxylic acids is 1. The first-order valence-corrected chi connectivity index (χ1v) is 10.3. The monoisotopic (exact) mass is 419 g/mol. The standard InChI is InChI=1S/C23H25N5O3/c1-14(2)21(28-23(30)18-6-4-5-7-19(18)26-27-28)22(29)24-11-10-15-13-25-20-12-16(31-3)8-9-17(15)20/h4-9,12-14,21,25H,10-11H2,1-3H3,(H,24,29)/t21-/m0/s1. The Morgan fingerprint density at radius 2 is 2.00 bits per heavy atom. The number of amides is 1. The fourth-order valence-corrected chi connectivity index (χ4v) is 3.80. The molecule has 4 aromatic rings. The Morgan fingerprint density at radius 3 is 2.77 bits per heavy atom. The van der Waals surface area contributed by atoms with Crippen molar-refractivity contribution in [1.82, 2.24) is 25.3 Å². The van der Waals surface area contributed by atoms with E-state index in [0.29, 0.717) is 23.9 Å². The van der Waals surface area contributed by atoms with Crippen LogP contribution in [0.5, 0.6) is 5.75 Å². The first kappa shape index (κ1) is 20.6. The SMILES string of the molecule is COc1ccc2c(CCNC(=O)[C@H](C(C)C)n3nnc4ccccc4c3=O)c[nH]c2c1. The molecule has 0 spiro atoms. The van der Waals surface area contributed by atoms with Crippen LogP contribution in [0.2, 0.25) is 0 Å². The highest BCUT2D eigenvalue weighted by atomic mass is 16.5. The van der Waals surface area contributed by atoms with Crippen molar-refractivity contribution in [3.05, 3.63) is 64.6 Å². The van der Waals surface area contributed by atoms with Gasteiger partial charge in [0, 0.05) is 29.7 Å². The highest BCUT2D eigenvalue weighted by Gasteiger charge is 2.27. The third-order valence-corrected chi connectivity index (χ3v) is 5.42. The molecule has 2 aromatic carbocycles. The summed E-state index contributed by atoms with van der Waals surface area (Å²) in [5.74, 6) is 0.410. The molecule has 0 bridgehead atoms. The number of rotatable bonds is 7. The third kappa shape index (κ3) is 4.01. The molecule has 0 fully saturated rings. The minimum absolute atomic E-state index is 0.131. The van der Waals surface area contributed by atoms with E-state index in [9.17, 15) is 9.59 Å². The van der Waals surface area contributed by atoms with Gasteiger partial charge < -0.3 is 15.0 Å². The number of nitrogens with one attached hydrogen (secondary N) is 2. The molecular weight excluding hydrogens is 394 g/mol. The van der Waals surface area contributed by atoms with Gasteiger partial charge in [-0.05, 0) is 42.2 Å². The lowest BCUT2D eigenvalue weighted by Gasteiger charge is -2.21. The summed E-state index contributed by atoms with van der Waals surface area (Å²) in [7, 11) is 1.64. The Labute approximate surface area is 179 Å². The highest BCUT2D eigenvalue weighted by molar-refractivity contribution is 5.85. The van der Waals surface area contributed by atoms with Crippen LogP contribution >= 0.6 is 0 Å². The molecule has 160 valence electrons. The van der Waals surface area contributed by atoms with Crippen LogP contribution in [-0.4, -0.2) is 39.5 Å². The van der Waals surface area contributed by atoms with Crippen LogP contribution < -0.4 is 15.6 Å². The van der Waals surface area contributed by atoms with Crippen LogP contribution in [0.25, 0.3) is 21.8 Å².